The number of fused-ring (bicyclic) bond motifs is 1. The number of aromatic nitrogens is 1. The van der Waals surface area contributed by atoms with E-state index >= 15 is 0 Å². The molecule has 0 saturated carbocycles. The van der Waals surface area contributed by atoms with Gasteiger partial charge in [-0.15, -0.1) is 0 Å². The Morgan fingerprint density at radius 3 is 2.63 bits per heavy atom. The molecule has 0 amide bonds. The highest BCUT2D eigenvalue weighted by Crippen LogP contribution is 2.22. The number of pyridine rings is 1. The average Bonchev–Trinajstić information content (AvgIpc) is 2.48. The average molecular weight is 245 g/mol. The normalized spacial score (nSPS) is 10.1. The first-order valence-corrected chi connectivity index (χ1v) is 5.98. The van der Waals surface area contributed by atoms with Crippen molar-refractivity contribution in [2.75, 3.05) is 5.32 Å². The molecule has 0 aliphatic rings. The van der Waals surface area contributed by atoms with E-state index in [1.807, 2.05) is 30.3 Å². The van der Waals surface area contributed by atoms with Crippen molar-refractivity contribution < 1.29 is 0 Å². The van der Waals surface area contributed by atoms with Gasteiger partial charge in [0.25, 0.3) is 0 Å². The summed E-state index contributed by atoms with van der Waals surface area (Å²) in [5, 5.41) is 14.6. The summed E-state index contributed by atoms with van der Waals surface area (Å²) in [6, 6.07) is 19.9. The lowest BCUT2D eigenvalue weighted by Crippen LogP contribution is -1.96. The molecule has 0 spiro atoms. The zero-order valence-electron chi connectivity index (χ0n) is 10.2. The number of hydrogen-bond donors (Lipinski definition) is 1. The molecule has 1 N–H and O–H groups in total. The Kier molecular flexibility index (Phi) is 2.83. The summed E-state index contributed by atoms with van der Waals surface area (Å²) in [6.07, 6.45) is 1.67. The second-order valence-corrected chi connectivity index (χ2v) is 4.20. The van der Waals surface area contributed by atoms with Gasteiger partial charge in [-0.3, -0.25) is 0 Å². The molecule has 0 unspecified atom stereocenters. The van der Waals surface area contributed by atoms with Crippen LogP contribution in [0.1, 0.15) is 5.56 Å². The van der Waals surface area contributed by atoms with E-state index in [1.54, 1.807) is 18.3 Å². The van der Waals surface area contributed by atoms with Gasteiger partial charge in [-0.25, -0.2) is 4.98 Å². The third kappa shape index (κ3) is 2.24. The predicted molar refractivity (Wildman–Crippen MR) is 76.2 cm³/mol. The summed E-state index contributed by atoms with van der Waals surface area (Å²) in [4.78, 5) is 4.19. The number of nitriles is 1. The van der Waals surface area contributed by atoms with Crippen molar-refractivity contribution >= 4 is 22.3 Å². The van der Waals surface area contributed by atoms with Crippen LogP contribution < -0.4 is 5.32 Å². The molecule has 3 aromatic rings. The minimum Gasteiger partial charge on any atom is -0.339 e. The van der Waals surface area contributed by atoms with Gasteiger partial charge in [0, 0.05) is 11.9 Å². The topological polar surface area (TPSA) is 48.7 Å². The standard InChI is InChI=1S/C16H11N3/c17-11-14-6-3-9-18-16(14)19-15-8-7-12-4-1-2-5-13(12)10-15/h1-10H,(H,18,19). The second kappa shape index (κ2) is 4.79. The molecule has 0 atom stereocenters. The van der Waals surface area contributed by atoms with Gasteiger partial charge in [-0.05, 0) is 35.0 Å². The van der Waals surface area contributed by atoms with Crippen LogP contribution in [-0.4, -0.2) is 4.98 Å². The Balaban J connectivity index is 1.99. The maximum atomic E-state index is 9.04. The molecule has 2 aromatic carbocycles. The third-order valence-electron chi connectivity index (χ3n) is 2.94. The Morgan fingerprint density at radius 1 is 0.947 bits per heavy atom. The van der Waals surface area contributed by atoms with Crippen molar-refractivity contribution in [2.24, 2.45) is 0 Å². The van der Waals surface area contributed by atoms with Gasteiger partial charge in [-0.2, -0.15) is 5.26 Å². The molecule has 3 heteroatoms. The van der Waals surface area contributed by atoms with Crippen molar-refractivity contribution in [3.63, 3.8) is 0 Å². The minimum atomic E-state index is 0.538. The fourth-order valence-electron chi connectivity index (χ4n) is 2.00. The van der Waals surface area contributed by atoms with Crippen LogP contribution in [0, 0.1) is 11.3 Å². The summed E-state index contributed by atoms with van der Waals surface area (Å²) in [5.74, 6) is 0.584. The zero-order valence-corrected chi connectivity index (χ0v) is 10.2. The highest BCUT2D eigenvalue weighted by molar-refractivity contribution is 5.86. The molecule has 0 aliphatic carbocycles. The molecule has 0 radical (unpaired) electrons. The first kappa shape index (κ1) is 11.2. The van der Waals surface area contributed by atoms with Crippen molar-refractivity contribution in [1.29, 1.82) is 5.26 Å². The summed E-state index contributed by atoms with van der Waals surface area (Å²) >= 11 is 0. The van der Waals surface area contributed by atoms with Crippen LogP contribution in [0.5, 0.6) is 0 Å². The van der Waals surface area contributed by atoms with Gasteiger partial charge in [-0.1, -0.05) is 30.3 Å². The molecule has 0 saturated heterocycles. The van der Waals surface area contributed by atoms with Gasteiger partial charge < -0.3 is 5.32 Å². The third-order valence-corrected chi connectivity index (χ3v) is 2.94. The lowest BCUT2D eigenvalue weighted by atomic mass is 10.1. The van der Waals surface area contributed by atoms with Crippen LogP contribution in [0.25, 0.3) is 10.8 Å². The number of nitrogens with zero attached hydrogens (tertiary/aromatic N) is 2. The smallest absolute Gasteiger partial charge is 0.148 e. The van der Waals surface area contributed by atoms with Crippen molar-refractivity contribution in [1.82, 2.24) is 4.98 Å². The zero-order chi connectivity index (χ0) is 13.1. The van der Waals surface area contributed by atoms with Crippen LogP contribution in [0.4, 0.5) is 11.5 Å². The van der Waals surface area contributed by atoms with Gasteiger partial charge in [0.1, 0.15) is 11.9 Å². The molecule has 1 heterocycles. The number of rotatable bonds is 2. The van der Waals surface area contributed by atoms with E-state index in [-0.39, 0.29) is 0 Å². The monoisotopic (exact) mass is 245 g/mol. The maximum Gasteiger partial charge on any atom is 0.148 e. The second-order valence-electron chi connectivity index (χ2n) is 4.20. The lowest BCUT2D eigenvalue weighted by Gasteiger charge is -2.07. The molecule has 3 nitrogen and oxygen atoms in total. The number of nitrogens with one attached hydrogen (secondary N) is 1. The highest BCUT2D eigenvalue weighted by Gasteiger charge is 2.03. The molecular weight excluding hydrogens is 234 g/mol. The van der Waals surface area contributed by atoms with Crippen molar-refractivity contribution in [2.45, 2.75) is 0 Å². The van der Waals surface area contributed by atoms with Gasteiger partial charge >= 0.3 is 0 Å². The van der Waals surface area contributed by atoms with E-state index < -0.39 is 0 Å². The fraction of sp³-hybridized carbons (Fsp3) is 0. The first-order chi connectivity index (χ1) is 9.36. The quantitative estimate of drug-likeness (QED) is 0.746. The SMILES string of the molecule is N#Cc1cccnc1Nc1ccc2ccccc2c1. The molecule has 1 aromatic heterocycles. The summed E-state index contributed by atoms with van der Waals surface area (Å²) < 4.78 is 0. The van der Waals surface area contributed by atoms with E-state index in [0.717, 1.165) is 11.1 Å². The van der Waals surface area contributed by atoms with Gasteiger partial charge in [0.05, 0.1) is 5.56 Å². The van der Waals surface area contributed by atoms with E-state index in [9.17, 15) is 0 Å². The Labute approximate surface area is 111 Å². The molecule has 90 valence electrons. The molecule has 0 aliphatic heterocycles. The minimum absolute atomic E-state index is 0.538. The van der Waals surface area contributed by atoms with E-state index in [4.69, 9.17) is 5.26 Å². The number of anilines is 2. The Bertz CT molecular complexity index is 772. The Morgan fingerprint density at radius 2 is 1.79 bits per heavy atom. The molecule has 3 rings (SSSR count). The summed E-state index contributed by atoms with van der Waals surface area (Å²) in [5.41, 5.74) is 1.46. The predicted octanol–water partition coefficient (Wildman–Crippen LogP) is 3.85. The summed E-state index contributed by atoms with van der Waals surface area (Å²) in [6.45, 7) is 0. The largest absolute Gasteiger partial charge is 0.339 e. The van der Waals surface area contributed by atoms with Crippen LogP contribution in [-0.2, 0) is 0 Å². The number of hydrogen-bond acceptors (Lipinski definition) is 3. The molecule has 0 fully saturated rings. The van der Waals surface area contributed by atoms with E-state index in [2.05, 4.69) is 28.5 Å². The van der Waals surface area contributed by atoms with Crippen molar-refractivity contribution in [3.05, 3.63) is 66.4 Å². The number of benzene rings is 2. The van der Waals surface area contributed by atoms with Gasteiger partial charge in [0.2, 0.25) is 0 Å². The molecule has 0 bridgehead atoms. The van der Waals surface area contributed by atoms with E-state index in [0.29, 0.717) is 11.4 Å². The van der Waals surface area contributed by atoms with Crippen LogP contribution in [0.2, 0.25) is 0 Å². The maximum absolute atomic E-state index is 9.04. The van der Waals surface area contributed by atoms with E-state index in [1.165, 1.54) is 5.39 Å². The summed E-state index contributed by atoms with van der Waals surface area (Å²) in [7, 11) is 0. The van der Waals surface area contributed by atoms with Crippen LogP contribution in [0.15, 0.2) is 60.8 Å². The fourth-order valence-corrected chi connectivity index (χ4v) is 2.00. The highest BCUT2D eigenvalue weighted by atomic mass is 15.0. The Hall–Kier alpha value is -2.86. The molecular formula is C16H11N3. The van der Waals surface area contributed by atoms with Gasteiger partial charge in [0.15, 0.2) is 0 Å². The molecule has 19 heavy (non-hydrogen) atoms. The van der Waals surface area contributed by atoms with Crippen molar-refractivity contribution in [3.8, 4) is 6.07 Å². The van der Waals surface area contributed by atoms with Crippen LogP contribution in [0.3, 0.4) is 0 Å². The first-order valence-electron chi connectivity index (χ1n) is 5.98. The lowest BCUT2D eigenvalue weighted by molar-refractivity contribution is 1.29. The van der Waals surface area contributed by atoms with Crippen LogP contribution >= 0.6 is 0 Å².